The van der Waals surface area contributed by atoms with E-state index >= 15 is 0 Å². The predicted molar refractivity (Wildman–Crippen MR) is 121 cm³/mol. The third-order valence-corrected chi connectivity index (χ3v) is 6.91. The molecule has 8 nitrogen and oxygen atoms in total. The van der Waals surface area contributed by atoms with Gasteiger partial charge in [0.2, 0.25) is 0 Å². The van der Waals surface area contributed by atoms with Gasteiger partial charge in [-0.1, -0.05) is 6.07 Å². The average Bonchev–Trinajstić information content (AvgIpc) is 3.54. The van der Waals surface area contributed by atoms with Crippen LogP contribution in [-0.4, -0.2) is 49.7 Å². The minimum Gasteiger partial charge on any atom is -0.378 e. The van der Waals surface area contributed by atoms with Crippen LogP contribution in [-0.2, 0) is 11.3 Å². The molecule has 4 aromatic heterocycles. The molecule has 0 aliphatic rings. The monoisotopic (exact) mass is 454 g/mol. The highest BCUT2D eigenvalue weighted by Crippen LogP contribution is 2.26. The summed E-state index contributed by atoms with van der Waals surface area (Å²) in [6.07, 6.45) is 3.24. The number of carbonyl (C=O) groups excluding carboxylic acids is 1. The summed E-state index contributed by atoms with van der Waals surface area (Å²) in [4.78, 5) is 29.5. The molecular weight excluding hydrogens is 432 g/mol. The van der Waals surface area contributed by atoms with E-state index in [0.717, 1.165) is 21.3 Å². The van der Waals surface area contributed by atoms with Crippen molar-refractivity contribution in [1.82, 2.24) is 29.6 Å². The molecule has 0 aromatic carbocycles. The van der Waals surface area contributed by atoms with Gasteiger partial charge in [-0.3, -0.25) is 4.79 Å². The van der Waals surface area contributed by atoms with E-state index in [-0.39, 0.29) is 18.6 Å². The SMILES string of the molecule is COCc1c(C(=O)N(C)[C@H](C)c2nc(C)cs2)cnn1-c1nccc(-c2cccs2)n1. The van der Waals surface area contributed by atoms with Crippen LogP contribution in [0.25, 0.3) is 16.5 Å². The topological polar surface area (TPSA) is 86.0 Å². The maximum atomic E-state index is 13.3. The highest BCUT2D eigenvalue weighted by molar-refractivity contribution is 7.13. The lowest BCUT2D eigenvalue weighted by Crippen LogP contribution is -2.30. The normalized spacial score (nSPS) is 12.1. The second kappa shape index (κ2) is 9.04. The number of carbonyl (C=O) groups is 1. The molecule has 10 heteroatoms. The van der Waals surface area contributed by atoms with Gasteiger partial charge in [0.25, 0.3) is 11.9 Å². The van der Waals surface area contributed by atoms with Gasteiger partial charge in [-0.15, -0.1) is 22.7 Å². The molecule has 4 aromatic rings. The van der Waals surface area contributed by atoms with Crippen LogP contribution in [0.4, 0.5) is 0 Å². The Hall–Kier alpha value is -2.95. The lowest BCUT2D eigenvalue weighted by molar-refractivity contribution is 0.0737. The molecule has 4 rings (SSSR count). The number of nitrogens with zero attached hydrogens (tertiary/aromatic N) is 6. The summed E-state index contributed by atoms with van der Waals surface area (Å²) in [6.45, 7) is 4.11. The summed E-state index contributed by atoms with van der Waals surface area (Å²) in [5, 5.41) is 9.29. The fourth-order valence-electron chi connectivity index (χ4n) is 3.11. The van der Waals surface area contributed by atoms with E-state index < -0.39 is 0 Å². The van der Waals surface area contributed by atoms with E-state index in [1.165, 1.54) is 0 Å². The fourth-order valence-corrected chi connectivity index (χ4v) is 4.70. The van der Waals surface area contributed by atoms with Crippen molar-refractivity contribution in [2.45, 2.75) is 26.5 Å². The number of ether oxygens (including phenoxy) is 1. The number of hydrogen-bond donors (Lipinski definition) is 0. The van der Waals surface area contributed by atoms with Gasteiger partial charge >= 0.3 is 0 Å². The average molecular weight is 455 g/mol. The number of aryl methyl sites for hydroxylation is 1. The van der Waals surface area contributed by atoms with Crippen molar-refractivity contribution in [3.05, 3.63) is 63.3 Å². The van der Waals surface area contributed by atoms with E-state index in [4.69, 9.17) is 4.74 Å². The molecule has 0 bridgehead atoms. The largest absolute Gasteiger partial charge is 0.378 e. The van der Waals surface area contributed by atoms with E-state index in [2.05, 4.69) is 20.1 Å². The van der Waals surface area contributed by atoms with Crippen LogP contribution in [0.1, 0.15) is 39.7 Å². The molecule has 0 spiro atoms. The van der Waals surface area contributed by atoms with Gasteiger partial charge in [0.1, 0.15) is 5.01 Å². The summed E-state index contributed by atoms with van der Waals surface area (Å²) in [6, 6.07) is 5.67. The fraction of sp³-hybridized carbons (Fsp3) is 0.286. The van der Waals surface area contributed by atoms with E-state index in [1.54, 1.807) is 58.8 Å². The smallest absolute Gasteiger partial charge is 0.257 e. The molecule has 0 unspecified atom stereocenters. The molecule has 160 valence electrons. The van der Waals surface area contributed by atoms with Gasteiger partial charge in [0, 0.05) is 31.4 Å². The third-order valence-electron chi connectivity index (χ3n) is 4.88. The molecule has 1 amide bonds. The van der Waals surface area contributed by atoms with Gasteiger partial charge in [-0.05, 0) is 31.4 Å². The standard InChI is InChI=1S/C21H22N6O2S2/c1-13-12-31-19(24-13)14(2)26(3)20(28)15-10-23-27(17(15)11-29-4)21-22-8-7-16(25-21)18-6-5-9-30-18/h5-10,12,14H,11H2,1-4H3/t14-/m1/s1. The van der Waals surface area contributed by atoms with Gasteiger partial charge in [0.15, 0.2) is 0 Å². The Morgan fingerprint density at radius 1 is 1.29 bits per heavy atom. The Morgan fingerprint density at radius 3 is 2.81 bits per heavy atom. The van der Waals surface area contributed by atoms with Gasteiger partial charge < -0.3 is 9.64 Å². The van der Waals surface area contributed by atoms with E-state index in [1.807, 2.05) is 42.8 Å². The second-order valence-electron chi connectivity index (χ2n) is 6.99. The zero-order valence-corrected chi connectivity index (χ0v) is 19.3. The summed E-state index contributed by atoms with van der Waals surface area (Å²) < 4.78 is 6.94. The Morgan fingerprint density at radius 2 is 2.13 bits per heavy atom. The van der Waals surface area contributed by atoms with Crippen molar-refractivity contribution in [1.29, 1.82) is 0 Å². The quantitative estimate of drug-likeness (QED) is 0.417. The van der Waals surface area contributed by atoms with Crippen LogP contribution in [0, 0.1) is 6.92 Å². The Labute approximate surface area is 188 Å². The van der Waals surface area contributed by atoms with E-state index in [9.17, 15) is 4.79 Å². The van der Waals surface area contributed by atoms with Crippen molar-refractivity contribution in [2.24, 2.45) is 0 Å². The Bertz CT molecular complexity index is 1180. The molecule has 4 heterocycles. The summed E-state index contributed by atoms with van der Waals surface area (Å²) in [7, 11) is 3.35. The van der Waals surface area contributed by atoms with Crippen LogP contribution in [0.5, 0.6) is 0 Å². The Balaban J connectivity index is 1.68. The highest BCUT2D eigenvalue weighted by atomic mass is 32.1. The molecule has 0 saturated carbocycles. The molecule has 0 N–H and O–H groups in total. The minimum atomic E-state index is -0.164. The van der Waals surface area contributed by atoms with Crippen molar-refractivity contribution < 1.29 is 9.53 Å². The molecule has 1 atom stereocenters. The first-order valence-corrected chi connectivity index (χ1v) is 11.4. The van der Waals surface area contributed by atoms with Crippen molar-refractivity contribution in [3.63, 3.8) is 0 Å². The molecular formula is C21H22N6O2S2. The summed E-state index contributed by atoms with van der Waals surface area (Å²) in [5.41, 5.74) is 2.81. The van der Waals surface area contributed by atoms with Crippen LogP contribution in [0.3, 0.4) is 0 Å². The molecule has 31 heavy (non-hydrogen) atoms. The maximum absolute atomic E-state index is 13.3. The molecule has 0 aliphatic heterocycles. The maximum Gasteiger partial charge on any atom is 0.257 e. The lowest BCUT2D eigenvalue weighted by atomic mass is 10.2. The number of hydrogen-bond acceptors (Lipinski definition) is 8. The number of methoxy groups -OCH3 is 1. The van der Waals surface area contributed by atoms with Crippen molar-refractivity contribution in [2.75, 3.05) is 14.2 Å². The summed E-state index contributed by atoms with van der Waals surface area (Å²) >= 11 is 3.15. The highest BCUT2D eigenvalue weighted by Gasteiger charge is 2.26. The van der Waals surface area contributed by atoms with Gasteiger partial charge in [0.05, 0.1) is 40.7 Å². The van der Waals surface area contributed by atoms with E-state index in [0.29, 0.717) is 17.2 Å². The minimum absolute atomic E-state index is 0.159. The zero-order valence-electron chi connectivity index (χ0n) is 17.6. The first-order chi connectivity index (χ1) is 15.0. The van der Waals surface area contributed by atoms with Crippen LogP contribution < -0.4 is 0 Å². The van der Waals surface area contributed by atoms with Gasteiger partial charge in [-0.2, -0.15) is 9.78 Å². The first-order valence-electron chi connectivity index (χ1n) is 9.62. The van der Waals surface area contributed by atoms with Crippen molar-refractivity contribution in [3.8, 4) is 16.5 Å². The third kappa shape index (κ3) is 4.27. The molecule has 0 aliphatic carbocycles. The number of aromatic nitrogens is 5. The first kappa shape index (κ1) is 21.3. The van der Waals surface area contributed by atoms with Crippen LogP contribution in [0.15, 0.2) is 41.4 Å². The number of amides is 1. The molecule has 0 radical (unpaired) electrons. The molecule has 0 saturated heterocycles. The lowest BCUT2D eigenvalue weighted by Gasteiger charge is -2.23. The second-order valence-corrected chi connectivity index (χ2v) is 8.83. The number of rotatable bonds is 7. The number of thiophene rings is 1. The van der Waals surface area contributed by atoms with Crippen LogP contribution in [0.2, 0.25) is 0 Å². The van der Waals surface area contributed by atoms with Gasteiger partial charge in [-0.25, -0.2) is 15.0 Å². The molecule has 0 fully saturated rings. The van der Waals surface area contributed by atoms with Crippen LogP contribution >= 0.6 is 22.7 Å². The zero-order chi connectivity index (χ0) is 22.0. The Kier molecular flexibility index (Phi) is 6.21. The number of thiazole rings is 1. The van der Waals surface area contributed by atoms with Crippen molar-refractivity contribution >= 4 is 28.6 Å². The summed E-state index contributed by atoms with van der Waals surface area (Å²) in [5.74, 6) is 0.233. The predicted octanol–water partition coefficient (Wildman–Crippen LogP) is 4.14.